The fourth-order valence-corrected chi connectivity index (χ4v) is 1.85. The summed E-state index contributed by atoms with van der Waals surface area (Å²) in [6.45, 7) is 6.75. The number of unbranched alkanes of at least 4 members (excludes halogenated alkanes) is 4. The van der Waals surface area contributed by atoms with Crippen LogP contribution in [0.2, 0.25) is 0 Å². The minimum Gasteiger partial charge on any atom is -0.469 e. The van der Waals surface area contributed by atoms with Crippen LogP contribution in [-0.4, -0.2) is 43.6 Å². The van der Waals surface area contributed by atoms with Gasteiger partial charge in [-0.05, 0) is 26.7 Å². The first kappa shape index (κ1) is 21.8. The number of ether oxygens (including phenoxy) is 1. The molecule has 20 heavy (non-hydrogen) atoms. The first-order valence-corrected chi connectivity index (χ1v) is 7.27. The number of guanidine groups is 1. The zero-order valence-corrected chi connectivity index (χ0v) is 15.4. The van der Waals surface area contributed by atoms with E-state index in [4.69, 9.17) is 5.73 Å². The van der Waals surface area contributed by atoms with E-state index in [2.05, 4.69) is 28.5 Å². The molecule has 0 aliphatic heterocycles. The predicted molar refractivity (Wildman–Crippen MR) is 94.5 cm³/mol. The topological polar surface area (TPSA) is 67.9 Å². The molecule has 0 fully saturated rings. The van der Waals surface area contributed by atoms with Crippen molar-refractivity contribution in [2.24, 2.45) is 10.7 Å². The lowest BCUT2D eigenvalue weighted by atomic mass is 10.1. The highest BCUT2D eigenvalue weighted by molar-refractivity contribution is 14.0. The molecule has 0 atom stereocenters. The lowest BCUT2D eigenvalue weighted by molar-refractivity contribution is -0.140. The minimum atomic E-state index is -0.114. The Morgan fingerprint density at radius 2 is 1.65 bits per heavy atom. The molecule has 0 aromatic rings. The number of hydrogen-bond acceptors (Lipinski definition) is 3. The summed E-state index contributed by atoms with van der Waals surface area (Å²) in [4.78, 5) is 17.3. The summed E-state index contributed by atoms with van der Waals surface area (Å²) in [5, 5.41) is 0. The number of aliphatic imine (C=N–C) groups is 1. The molecule has 6 heteroatoms. The van der Waals surface area contributed by atoms with E-state index in [0.29, 0.717) is 12.4 Å². The molecule has 0 saturated heterocycles. The summed E-state index contributed by atoms with van der Waals surface area (Å²) in [5.41, 5.74) is 5.87. The SMILES string of the molecule is CCN(CC)C(N)=NCCCCCCCC(=O)OC.I. The smallest absolute Gasteiger partial charge is 0.305 e. The first-order valence-electron chi connectivity index (χ1n) is 7.27. The molecule has 0 aromatic carbocycles. The maximum atomic E-state index is 10.9. The zero-order valence-electron chi connectivity index (χ0n) is 13.1. The van der Waals surface area contributed by atoms with Gasteiger partial charge in [0.15, 0.2) is 5.96 Å². The van der Waals surface area contributed by atoms with Gasteiger partial charge in [-0.25, -0.2) is 0 Å². The highest BCUT2D eigenvalue weighted by Crippen LogP contribution is 2.06. The van der Waals surface area contributed by atoms with Crippen LogP contribution in [0.5, 0.6) is 0 Å². The highest BCUT2D eigenvalue weighted by Gasteiger charge is 2.01. The highest BCUT2D eigenvalue weighted by atomic mass is 127. The number of rotatable bonds is 10. The molecule has 0 spiro atoms. The Labute approximate surface area is 140 Å². The fourth-order valence-electron chi connectivity index (χ4n) is 1.85. The van der Waals surface area contributed by atoms with E-state index in [1.165, 1.54) is 7.11 Å². The van der Waals surface area contributed by atoms with Gasteiger partial charge in [-0.2, -0.15) is 0 Å². The van der Waals surface area contributed by atoms with E-state index in [1.54, 1.807) is 0 Å². The number of esters is 1. The van der Waals surface area contributed by atoms with Crippen LogP contribution >= 0.6 is 24.0 Å². The van der Waals surface area contributed by atoms with E-state index >= 15 is 0 Å². The minimum absolute atomic E-state index is 0. The lowest BCUT2D eigenvalue weighted by Crippen LogP contribution is -2.37. The van der Waals surface area contributed by atoms with Crippen molar-refractivity contribution < 1.29 is 9.53 Å². The molecule has 0 aromatic heterocycles. The van der Waals surface area contributed by atoms with Gasteiger partial charge in [0.2, 0.25) is 0 Å². The molecule has 0 bridgehead atoms. The van der Waals surface area contributed by atoms with E-state index in [1.807, 2.05) is 0 Å². The van der Waals surface area contributed by atoms with Gasteiger partial charge in [0.05, 0.1) is 7.11 Å². The Hall–Kier alpha value is -0.530. The van der Waals surface area contributed by atoms with E-state index in [-0.39, 0.29) is 29.9 Å². The Balaban J connectivity index is 0. The number of methoxy groups -OCH3 is 1. The van der Waals surface area contributed by atoms with Gasteiger partial charge in [0.25, 0.3) is 0 Å². The van der Waals surface area contributed by atoms with Crippen molar-refractivity contribution in [1.82, 2.24) is 4.90 Å². The maximum absolute atomic E-state index is 10.9. The van der Waals surface area contributed by atoms with Gasteiger partial charge in [0.1, 0.15) is 0 Å². The molecular weight excluding hydrogens is 369 g/mol. The van der Waals surface area contributed by atoms with Gasteiger partial charge >= 0.3 is 5.97 Å². The van der Waals surface area contributed by atoms with Crippen molar-refractivity contribution >= 4 is 35.9 Å². The van der Waals surface area contributed by atoms with Crippen LogP contribution in [0.15, 0.2) is 4.99 Å². The van der Waals surface area contributed by atoms with E-state index in [9.17, 15) is 4.79 Å². The number of halogens is 1. The molecule has 5 nitrogen and oxygen atoms in total. The Kier molecular flexibility index (Phi) is 16.2. The summed E-state index contributed by atoms with van der Waals surface area (Å²) < 4.78 is 4.59. The summed E-state index contributed by atoms with van der Waals surface area (Å²) in [6, 6.07) is 0. The van der Waals surface area contributed by atoms with Crippen molar-refractivity contribution in [3.63, 3.8) is 0 Å². The number of carbonyl (C=O) groups excluding carboxylic acids is 1. The predicted octanol–water partition coefficient (Wildman–Crippen LogP) is 2.77. The molecule has 0 saturated carbocycles. The van der Waals surface area contributed by atoms with Crippen molar-refractivity contribution in [2.45, 2.75) is 52.4 Å². The van der Waals surface area contributed by atoms with E-state index in [0.717, 1.165) is 51.7 Å². The molecule has 0 unspecified atom stereocenters. The second-order valence-corrected chi connectivity index (χ2v) is 4.51. The molecule has 0 amide bonds. The third kappa shape index (κ3) is 11.3. The first-order chi connectivity index (χ1) is 9.15. The fraction of sp³-hybridized carbons (Fsp3) is 0.857. The second kappa shape index (κ2) is 14.9. The molecule has 0 heterocycles. The third-order valence-electron chi connectivity index (χ3n) is 3.13. The van der Waals surface area contributed by atoms with Gasteiger partial charge in [-0.1, -0.05) is 19.3 Å². The quantitative estimate of drug-likeness (QED) is 0.202. The summed E-state index contributed by atoms with van der Waals surface area (Å²) >= 11 is 0. The molecule has 0 rings (SSSR count). The van der Waals surface area contributed by atoms with Crippen LogP contribution in [0.4, 0.5) is 0 Å². The lowest BCUT2D eigenvalue weighted by Gasteiger charge is -2.19. The Morgan fingerprint density at radius 3 is 2.20 bits per heavy atom. The number of nitrogens with two attached hydrogens (primary N) is 1. The number of carbonyl (C=O) groups is 1. The normalized spacial score (nSPS) is 10.8. The van der Waals surface area contributed by atoms with Crippen LogP contribution in [0, 0.1) is 0 Å². The molecule has 120 valence electrons. The van der Waals surface area contributed by atoms with Crippen LogP contribution in [0.3, 0.4) is 0 Å². The number of hydrogen-bond donors (Lipinski definition) is 1. The Bertz CT molecular complexity index is 269. The molecule has 0 radical (unpaired) electrons. The van der Waals surface area contributed by atoms with Crippen molar-refractivity contribution in [3.05, 3.63) is 0 Å². The summed E-state index contributed by atoms with van der Waals surface area (Å²) in [7, 11) is 1.43. The standard InChI is InChI=1S/C14H29N3O2.HI/c1-4-17(5-2)14(15)16-12-10-8-6-7-9-11-13(18)19-3;/h4-12H2,1-3H3,(H2,15,16);1H. The average Bonchev–Trinajstić information content (AvgIpc) is 2.42. The van der Waals surface area contributed by atoms with Crippen LogP contribution < -0.4 is 5.73 Å². The van der Waals surface area contributed by atoms with Crippen molar-refractivity contribution in [3.8, 4) is 0 Å². The van der Waals surface area contributed by atoms with Gasteiger partial charge in [-0.3, -0.25) is 9.79 Å². The number of nitrogens with zero attached hydrogens (tertiary/aromatic N) is 2. The van der Waals surface area contributed by atoms with Gasteiger partial charge in [0, 0.05) is 26.1 Å². The molecule has 0 aliphatic carbocycles. The van der Waals surface area contributed by atoms with Crippen LogP contribution in [0.1, 0.15) is 52.4 Å². The van der Waals surface area contributed by atoms with Crippen molar-refractivity contribution in [2.75, 3.05) is 26.7 Å². The monoisotopic (exact) mass is 399 g/mol. The van der Waals surface area contributed by atoms with Crippen molar-refractivity contribution in [1.29, 1.82) is 0 Å². The van der Waals surface area contributed by atoms with Crippen LogP contribution in [0.25, 0.3) is 0 Å². The van der Waals surface area contributed by atoms with Gasteiger partial charge < -0.3 is 15.4 Å². The molecular formula is C14H30IN3O2. The molecule has 0 aliphatic rings. The second-order valence-electron chi connectivity index (χ2n) is 4.51. The summed E-state index contributed by atoms with van der Waals surface area (Å²) in [6.07, 6.45) is 5.85. The van der Waals surface area contributed by atoms with E-state index < -0.39 is 0 Å². The summed E-state index contributed by atoms with van der Waals surface area (Å²) in [5.74, 6) is 0.535. The zero-order chi connectivity index (χ0) is 14.5. The largest absolute Gasteiger partial charge is 0.469 e. The average molecular weight is 399 g/mol. The van der Waals surface area contributed by atoms with Gasteiger partial charge in [-0.15, -0.1) is 24.0 Å². The maximum Gasteiger partial charge on any atom is 0.305 e. The molecule has 2 N–H and O–H groups in total. The van der Waals surface area contributed by atoms with Crippen LogP contribution in [-0.2, 0) is 9.53 Å². The third-order valence-corrected chi connectivity index (χ3v) is 3.13. The Morgan fingerprint density at radius 1 is 1.10 bits per heavy atom.